The first kappa shape index (κ1) is 18.9. The lowest BCUT2D eigenvalue weighted by Crippen LogP contribution is -2.40. The zero-order chi connectivity index (χ0) is 21.2. The van der Waals surface area contributed by atoms with E-state index in [1.54, 1.807) is 6.07 Å². The molecule has 0 bridgehead atoms. The maximum absolute atomic E-state index is 13.7. The second kappa shape index (κ2) is 6.43. The quantitative estimate of drug-likeness (QED) is 0.686. The minimum atomic E-state index is -3.51. The van der Waals surface area contributed by atoms with E-state index in [0.717, 1.165) is 35.5 Å². The number of methoxy groups -OCH3 is 2. The Kier molecular flexibility index (Phi) is 4.04. The first-order valence-corrected chi connectivity index (χ1v) is 10.7. The number of carbonyl (C=O) groups excluding carboxylic acids is 2. The van der Waals surface area contributed by atoms with Crippen LogP contribution in [0.3, 0.4) is 0 Å². The molecular formula is C20H17FN2O6S. The summed E-state index contributed by atoms with van der Waals surface area (Å²) in [5.41, 5.74) is 1.00. The van der Waals surface area contributed by atoms with Crippen molar-refractivity contribution in [2.75, 3.05) is 25.1 Å². The van der Waals surface area contributed by atoms with Crippen LogP contribution in [-0.2, 0) is 19.4 Å². The minimum absolute atomic E-state index is 0.00437. The third-order valence-corrected chi connectivity index (χ3v) is 7.76. The van der Waals surface area contributed by atoms with E-state index in [0.29, 0.717) is 18.3 Å². The highest BCUT2D eigenvalue weighted by atomic mass is 32.2. The molecule has 5 rings (SSSR count). The molecule has 2 aromatic carbocycles. The van der Waals surface area contributed by atoms with Gasteiger partial charge in [0, 0.05) is 12.0 Å². The third kappa shape index (κ3) is 2.53. The number of nitrogens with zero attached hydrogens (tertiary/aromatic N) is 2. The van der Waals surface area contributed by atoms with Gasteiger partial charge in [0.2, 0.25) is 0 Å². The van der Waals surface area contributed by atoms with Crippen molar-refractivity contribution in [3.63, 3.8) is 0 Å². The number of rotatable bonds is 3. The van der Waals surface area contributed by atoms with Crippen molar-refractivity contribution >= 4 is 33.4 Å². The second-order valence-corrected chi connectivity index (χ2v) is 9.23. The largest absolute Gasteiger partial charge is 0.492 e. The summed E-state index contributed by atoms with van der Waals surface area (Å²) < 4.78 is 47.7. The van der Waals surface area contributed by atoms with Gasteiger partial charge in [-0.05, 0) is 36.1 Å². The zero-order valence-electron chi connectivity index (χ0n) is 16.1. The molecule has 1 amide bonds. The predicted molar refractivity (Wildman–Crippen MR) is 104 cm³/mol. The number of hydrogen-bond acceptors (Lipinski definition) is 7. The van der Waals surface area contributed by atoms with E-state index < -0.39 is 27.8 Å². The van der Waals surface area contributed by atoms with Crippen LogP contribution in [0.5, 0.6) is 5.75 Å². The molecule has 1 aliphatic carbocycles. The molecule has 3 aliphatic rings. The fourth-order valence-corrected chi connectivity index (χ4v) is 5.97. The van der Waals surface area contributed by atoms with Crippen molar-refractivity contribution in [1.82, 2.24) is 0 Å². The van der Waals surface area contributed by atoms with Gasteiger partial charge in [-0.1, -0.05) is 6.07 Å². The Morgan fingerprint density at radius 2 is 2.03 bits per heavy atom. The first-order chi connectivity index (χ1) is 14.4. The van der Waals surface area contributed by atoms with Crippen molar-refractivity contribution in [2.45, 2.75) is 17.2 Å². The number of esters is 1. The molecule has 2 aromatic rings. The molecule has 8 nitrogen and oxygen atoms in total. The number of amides is 1. The summed E-state index contributed by atoms with van der Waals surface area (Å²) in [6, 6.07) is 6.84. The highest BCUT2D eigenvalue weighted by Gasteiger charge is 2.47. The maximum Gasteiger partial charge on any atom is 0.427 e. The average molecular weight is 432 g/mol. The predicted octanol–water partition coefficient (Wildman–Crippen LogP) is 3.77. The molecule has 2 heterocycles. The molecule has 0 radical (unpaired) electrons. The monoisotopic (exact) mass is 432 g/mol. The van der Waals surface area contributed by atoms with Crippen molar-refractivity contribution in [1.29, 1.82) is 0 Å². The summed E-state index contributed by atoms with van der Waals surface area (Å²) in [6.07, 6.45) is -0.0254. The van der Waals surface area contributed by atoms with E-state index in [9.17, 15) is 18.2 Å². The molecule has 1 saturated carbocycles. The summed E-state index contributed by atoms with van der Waals surface area (Å²) in [7, 11) is -1.17. The van der Waals surface area contributed by atoms with Crippen LogP contribution >= 0.6 is 0 Å². The standard InChI is InChI=1S/C20H17FN2O6S/c1-27-19(24)17-15(5-4-12-13-7-10(13)9-29-18(12)17)23(20(25)28-2)30(26)16-6-3-11(21)8-14(16)22-30/h3-6,8,10,13H,7,9H2,1-2H3. The van der Waals surface area contributed by atoms with Gasteiger partial charge in [0.15, 0.2) is 9.92 Å². The fraction of sp³-hybridized carbons (Fsp3) is 0.300. The number of carbonyl (C=O) groups is 2. The van der Waals surface area contributed by atoms with Gasteiger partial charge < -0.3 is 14.2 Å². The van der Waals surface area contributed by atoms with Gasteiger partial charge in [0.25, 0.3) is 0 Å². The van der Waals surface area contributed by atoms with E-state index >= 15 is 0 Å². The topological polar surface area (TPSA) is 94.5 Å². The number of fused-ring (bicyclic) bond motifs is 4. The number of halogens is 1. The van der Waals surface area contributed by atoms with Crippen LogP contribution in [0.1, 0.15) is 28.3 Å². The van der Waals surface area contributed by atoms with Crippen LogP contribution in [0.25, 0.3) is 0 Å². The van der Waals surface area contributed by atoms with Gasteiger partial charge in [-0.2, -0.15) is 8.67 Å². The van der Waals surface area contributed by atoms with Crippen molar-refractivity contribution in [3.05, 3.63) is 47.3 Å². The Hall–Kier alpha value is -3.14. The third-order valence-electron chi connectivity index (χ3n) is 5.56. The molecule has 0 aromatic heterocycles. The highest BCUT2D eigenvalue weighted by Crippen LogP contribution is 2.56. The van der Waals surface area contributed by atoms with E-state index in [1.165, 1.54) is 19.2 Å². The summed E-state index contributed by atoms with van der Waals surface area (Å²) >= 11 is 0. The highest BCUT2D eigenvalue weighted by molar-refractivity contribution is 7.97. The minimum Gasteiger partial charge on any atom is -0.492 e. The summed E-state index contributed by atoms with van der Waals surface area (Å²) in [5, 5.41) is 0. The maximum atomic E-state index is 13.7. The van der Waals surface area contributed by atoms with Crippen LogP contribution in [0, 0.1) is 11.7 Å². The Balaban J connectivity index is 1.72. The molecule has 0 saturated heterocycles. The van der Waals surface area contributed by atoms with Gasteiger partial charge in [0.1, 0.15) is 17.1 Å². The summed E-state index contributed by atoms with van der Waals surface area (Å²) in [5.74, 6) is -0.279. The number of hydrogen-bond donors (Lipinski definition) is 0. The van der Waals surface area contributed by atoms with Crippen LogP contribution in [-0.4, -0.2) is 37.1 Å². The summed E-state index contributed by atoms with van der Waals surface area (Å²) in [6.45, 7) is 0.450. The van der Waals surface area contributed by atoms with Crippen LogP contribution in [0.2, 0.25) is 0 Å². The fourth-order valence-electron chi connectivity index (χ4n) is 3.99. The molecule has 30 heavy (non-hydrogen) atoms. The Morgan fingerprint density at radius 1 is 1.23 bits per heavy atom. The van der Waals surface area contributed by atoms with Crippen LogP contribution < -0.4 is 9.04 Å². The molecule has 0 N–H and O–H groups in total. The Bertz CT molecular complexity index is 1240. The molecule has 10 heteroatoms. The normalized spacial score (nSPS) is 24.6. The van der Waals surface area contributed by atoms with Crippen molar-refractivity contribution in [3.8, 4) is 5.75 Å². The van der Waals surface area contributed by atoms with E-state index in [4.69, 9.17) is 14.2 Å². The van der Waals surface area contributed by atoms with Gasteiger partial charge in [0.05, 0.1) is 37.1 Å². The van der Waals surface area contributed by atoms with E-state index in [2.05, 4.69) is 4.36 Å². The average Bonchev–Trinajstić information content (AvgIpc) is 3.52. The lowest BCUT2D eigenvalue weighted by Gasteiger charge is -2.32. The molecule has 156 valence electrons. The molecule has 1 fully saturated rings. The summed E-state index contributed by atoms with van der Waals surface area (Å²) in [4.78, 5) is 25.6. The number of benzene rings is 2. The smallest absolute Gasteiger partial charge is 0.427 e. The Labute approximate surface area is 171 Å². The molecule has 3 unspecified atom stereocenters. The zero-order valence-corrected chi connectivity index (χ0v) is 16.9. The van der Waals surface area contributed by atoms with Gasteiger partial charge >= 0.3 is 12.1 Å². The van der Waals surface area contributed by atoms with Gasteiger partial charge in [-0.25, -0.2) is 18.2 Å². The lowest BCUT2D eigenvalue weighted by atomic mass is 10.00. The number of anilines is 1. The van der Waals surface area contributed by atoms with Crippen molar-refractivity contribution < 1.29 is 32.4 Å². The van der Waals surface area contributed by atoms with Crippen LogP contribution in [0.15, 0.2) is 39.6 Å². The molecule has 0 spiro atoms. The lowest BCUT2D eigenvalue weighted by molar-refractivity contribution is 0.0596. The molecular weight excluding hydrogens is 415 g/mol. The van der Waals surface area contributed by atoms with Crippen LogP contribution in [0.4, 0.5) is 20.6 Å². The number of ether oxygens (including phenoxy) is 3. The molecule has 2 aliphatic heterocycles. The first-order valence-electron chi connectivity index (χ1n) is 9.22. The molecule has 3 atom stereocenters. The van der Waals surface area contributed by atoms with E-state index in [-0.39, 0.29) is 27.8 Å². The Morgan fingerprint density at radius 3 is 2.73 bits per heavy atom. The SMILES string of the molecule is COC(=O)c1c(N(C(=O)OC)S2(=O)=Nc3cc(F)ccc32)ccc2c1OCC1CC21. The second-order valence-electron chi connectivity index (χ2n) is 7.25. The van der Waals surface area contributed by atoms with Gasteiger partial charge in [-0.15, -0.1) is 0 Å². The van der Waals surface area contributed by atoms with Gasteiger partial charge in [-0.3, -0.25) is 0 Å². The van der Waals surface area contributed by atoms with E-state index in [1.807, 2.05) is 0 Å². The van der Waals surface area contributed by atoms with Crippen molar-refractivity contribution in [2.24, 2.45) is 10.3 Å².